The van der Waals surface area contributed by atoms with E-state index in [-0.39, 0.29) is 11.9 Å². The minimum Gasteiger partial charge on any atom is -0.344 e. The van der Waals surface area contributed by atoms with Crippen molar-refractivity contribution in [2.45, 2.75) is 31.8 Å². The molecule has 1 aromatic heterocycles. The molecule has 2 heterocycles. The van der Waals surface area contributed by atoms with Crippen LogP contribution in [-0.2, 0) is 0 Å². The van der Waals surface area contributed by atoms with Gasteiger partial charge in [-0.05, 0) is 44.0 Å². The quantitative estimate of drug-likeness (QED) is 0.861. The van der Waals surface area contributed by atoms with Crippen LogP contribution in [0, 0.1) is 0 Å². The van der Waals surface area contributed by atoms with E-state index in [9.17, 15) is 4.79 Å². The highest BCUT2D eigenvalue weighted by Gasteiger charge is 2.19. The summed E-state index contributed by atoms with van der Waals surface area (Å²) in [6.45, 7) is 3.95. The predicted molar refractivity (Wildman–Crippen MR) is 93.4 cm³/mol. The Kier molecular flexibility index (Phi) is 5.13. The van der Waals surface area contributed by atoms with Crippen molar-refractivity contribution in [2.75, 3.05) is 13.1 Å². The van der Waals surface area contributed by atoms with Gasteiger partial charge in [-0.3, -0.25) is 9.48 Å². The number of aromatic nitrogens is 2. The monoisotopic (exact) mass is 376 g/mol. The molecule has 2 atom stereocenters. The molecule has 2 N–H and O–H groups in total. The maximum absolute atomic E-state index is 12.4. The number of piperidine rings is 1. The Morgan fingerprint density at radius 1 is 1.43 bits per heavy atom. The molecule has 0 saturated carbocycles. The number of nitrogens with zero attached hydrogens (tertiary/aromatic N) is 2. The van der Waals surface area contributed by atoms with Gasteiger partial charge in [0, 0.05) is 17.2 Å². The summed E-state index contributed by atoms with van der Waals surface area (Å²) in [6.07, 6.45) is 4.14. The van der Waals surface area contributed by atoms with E-state index < -0.39 is 0 Å². The molecule has 1 saturated heterocycles. The number of benzene rings is 1. The van der Waals surface area contributed by atoms with Gasteiger partial charge in [0.15, 0.2) is 0 Å². The van der Waals surface area contributed by atoms with Gasteiger partial charge in [-0.1, -0.05) is 34.1 Å². The topological polar surface area (TPSA) is 59.0 Å². The summed E-state index contributed by atoms with van der Waals surface area (Å²) >= 11 is 3.52. The molecule has 1 fully saturated rings. The summed E-state index contributed by atoms with van der Waals surface area (Å²) in [7, 11) is 0. The summed E-state index contributed by atoms with van der Waals surface area (Å²) in [5.74, 6) is -0.143. The first-order chi connectivity index (χ1) is 11.1. The van der Waals surface area contributed by atoms with Crippen molar-refractivity contribution >= 4 is 21.8 Å². The van der Waals surface area contributed by atoms with Crippen molar-refractivity contribution < 1.29 is 4.79 Å². The molecule has 1 aromatic carbocycles. The molecule has 6 heteroatoms. The van der Waals surface area contributed by atoms with Crippen LogP contribution in [0.1, 0.15) is 47.9 Å². The van der Waals surface area contributed by atoms with Gasteiger partial charge in [-0.25, -0.2) is 0 Å². The summed E-state index contributed by atoms with van der Waals surface area (Å²) in [4.78, 5) is 12.4. The van der Waals surface area contributed by atoms with Crippen LogP contribution in [0.3, 0.4) is 0 Å². The van der Waals surface area contributed by atoms with Crippen LogP contribution in [0.15, 0.2) is 41.0 Å². The zero-order valence-electron chi connectivity index (χ0n) is 13.1. The molecule has 5 nitrogen and oxygen atoms in total. The van der Waals surface area contributed by atoms with Crippen LogP contribution >= 0.6 is 15.9 Å². The average molecular weight is 377 g/mol. The van der Waals surface area contributed by atoms with E-state index in [1.165, 1.54) is 0 Å². The Morgan fingerprint density at radius 3 is 3.00 bits per heavy atom. The Labute approximate surface area is 144 Å². The first-order valence-electron chi connectivity index (χ1n) is 7.96. The van der Waals surface area contributed by atoms with Crippen LogP contribution in [0.25, 0.3) is 0 Å². The number of rotatable bonds is 4. The third-order valence-electron chi connectivity index (χ3n) is 4.21. The SMILES string of the molecule is CC(NC(=O)c1ccn(C2CCCNC2)n1)c1ccccc1Br. The van der Waals surface area contributed by atoms with Gasteiger partial charge in [0.1, 0.15) is 5.69 Å². The number of amides is 1. The second-order valence-electron chi connectivity index (χ2n) is 5.90. The highest BCUT2D eigenvalue weighted by molar-refractivity contribution is 9.10. The van der Waals surface area contributed by atoms with Gasteiger partial charge in [0.2, 0.25) is 0 Å². The first kappa shape index (κ1) is 16.2. The molecule has 1 aliphatic rings. The van der Waals surface area contributed by atoms with Crippen LogP contribution in [0.4, 0.5) is 0 Å². The van der Waals surface area contributed by atoms with Crippen LogP contribution in [-0.4, -0.2) is 28.8 Å². The molecule has 0 aliphatic carbocycles. The molecule has 1 aliphatic heterocycles. The molecular formula is C17H21BrN4O. The molecule has 0 bridgehead atoms. The van der Waals surface area contributed by atoms with Crippen molar-refractivity contribution in [1.82, 2.24) is 20.4 Å². The summed E-state index contributed by atoms with van der Waals surface area (Å²) in [6, 6.07) is 9.95. The molecule has 2 aromatic rings. The van der Waals surface area contributed by atoms with Gasteiger partial charge in [-0.2, -0.15) is 5.10 Å². The lowest BCUT2D eigenvalue weighted by molar-refractivity contribution is 0.0933. The van der Waals surface area contributed by atoms with E-state index in [0.717, 1.165) is 36.0 Å². The maximum atomic E-state index is 12.4. The normalized spacial score (nSPS) is 19.3. The number of nitrogens with one attached hydrogen (secondary N) is 2. The molecule has 122 valence electrons. The Bertz CT molecular complexity index is 679. The average Bonchev–Trinajstić information content (AvgIpc) is 3.06. The van der Waals surface area contributed by atoms with E-state index in [4.69, 9.17) is 0 Å². The fraction of sp³-hybridized carbons (Fsp3) is 0.412. The van der Waals surface area contributed by atoms with Crippen LogP contribution in [0.5, 0.6) is 0 Å². The van der Waals surface area contributed by atoms with Gasteiger partial charge >= 0.3 is 0 Å². The molecule has 1 amide bonds. The summed E-state index contributed by atoms with van der Waals surface area (Å²) in [5.41, 5.74) is 1.52. The smallest absolute Gasteiger partial charge is 0.272 e. The fourth-order valence-corrected chi connectivity index (χ4v) is 3.52. The van der Waals surface area contributed by atoms with Crippen molar-refractivity contribution in [3.63, 3.8) is 0 Å². The first-order valence-corrected chi connectivity index (χ1v) is 8.75. The molecule has 0 radical (unpaired) electrons. The van der Waals surface area contributed by atoms with E-state index in [1.54, 1.807) is 6.07 Å². The largest absolute Gasteiger partial charge is 0.344 e. The van der Waals surface area contributed by atoms with Gasteiger partial charge in [0.25, 0.3) is 5.91 Å². The molecular weight excluding hydrogens is 356 g/mol. The highest BCUT2D eigenvalue weighted by atomic mass is 79.9. The Hall–Kier alpha value is -1.66. The minimum absolute atomic E-state index is 0.0837. The lowest BCUT2D eigenvalue weighted by Gasteiger charge is -2.22. The standard InChI is InChI=1S/C17H21BrN4O/c1-12(14-6-2-3-7-15(14)18)20-17(23)16-8-10-22(21-16)13-5-4-9-19-11-13/h2-3,6-8,10,12-13,19H,4-5,9,11H2,1H3,(H,20,23). The van der Waals surface area contributed by atoms with Gasteiger partial charge < -0.3 is 10.6 Å². The Balaban J connectivity index is 1.66. The molecule has 2 unspecified atom stereocenters. The van der Waals surface area contributed by atoms with Crippen molar-refractivity contribution in [3.05, 3.63) is 52.3 Å². The number of carbonyl (C=O) groups excluding carboxylic acids is 1. The van der Waals surface area contributed by atoms with E-state index in [0.29, 0.717) is 11.7 Å². The van der Waals surface area contributed by atoms with Crippen molar-refractivity contribution in [2.24, 2.45) is 0 Å². The van der Waals surface area contributed by atoms with E-state index in [2.05, 4.69) is 31.7 Å². The van der Waals surface area contributed by atoms with Crippen LogP contribution < -0.4 is 10.6 Å². The summed E-state index contributed by atoms with van der Waals surface area (Å²) in [5, 5.41) is 10.8. The number of carbonyl (C=O) groups is 1. The lowest BCUT2D eigenvalue weighted by Crippen LogP contribution is -2.32. The number of halogens is 1. The second-order valence-corrected chi connectivity index (χ2v) is 6.75. The van der Waals surface area contributed by atoms with Crippen molar-refractivity contribution in [3.8, 4) is 0 Å². The third-order valence-corrected chi connectivity index (χ3v) is 4.93. The Morgan fingerprint density at radius 2 is 2.26 bits per heavy atom. The maximum Gasteiger partial charge on any atom is 0.272 e. The zero-order chi connectivity index (χ0) is 16.2. The molecule has 23 heavy (non-hydrogen) atoms. The highest BCUT2D eigenvalue weighted by Crippen LogP contribution is 2.23. The second kappa shape index (κ2) is 7.27. The summed E-state index contributed by atoms with van der Waals surface area (Å²) < 4.78 is 2.90. The molecule has 0 spiro atoms. The van der Waals surface area contributed by atoms with E-state index in [1.807, 2.05) is 42.1 Å². The predicted octanol–water partition coefficient (Wildman–Crippen LogP) is 3.06. The third kappa shape index (κ3) is 3.82. The zero-order valence-corrected chi connectivity index (χ0v) is 14.7. The van der Waals surface area contributed by atoms with Gasteiger partial charge in [-0.15, -0.1) is 0 Å². The lowest BCUT2D eigenvalue weighted by atomic mass is 10.1. The van der Waals surface area contributed by atoms with Crippen LogP contribution in [0.2, 0.25) is 0 Å². The van der Waals surface area contributed by atoms with Crippen molar-refractivity contribution in [1.29, 1.82) is 0 Å². The van der Waals surface area contributed by atoms with E-state index >= 15 is 0 Å². The number of hydrogen-bond acceptors (Lipinski definition) is 3. The van der Waals surface area contributed by atoms with Gasteiger partial charge in [0.05, 0.1) is 12.1 Å². The number of hydrogen-bond donors (Lipinski definition) is 2. The fourth-order valence-electron chi connectivity index (χ4n) is 2.90. The molecule has 3 rings (SSSR count). The minimum atomic E-state index is -0.143.